The van der Waals surface area contributed by atoms with Gasteiger partial charge in [-0.15, -0.1) is 0 Å². The van der Waals surface area contributed by atoms with Crippen LogP contribution in [0.3, 0.4) is 0 Å². The van der Waals surface area contributed by atoms with Gasteiger partial charge in [0.15, 0.2) is 0 Å². The lowest BCUT2D eigenvalue weighted by atomic mass is 10.1. The molecule has 0 aliphatic heterocycles. The van der Waals surface area contributed by atoms with E-state index in [4.69, 9.17) is 0 Å². The monoisotopic (exact) mass is 223 g/mol. The lowest BCUT2D eigenvalue weighted by Gasteiger charge is -2.05. The minimum atomic E-state index is -1.15. The Morgan fingerprint density at radius 1 is 0.882 bits per heavy atom. The number of hydrogen-bond acceptors (Lipinski definition) is 2. The van der Waals surface area contributed by atoms with E-state index >= 15 is 0 Å². The molecule has 0 fully saturated rings. The van der Waals surface area contributed by atoms with Crippen molar-refractivity contribution in [2.75, 3.05) is 0 Å². The van der Waals surface area contributed by atoms with Crippen molar-refractivity contribution < 1.29 is 9.90 Å². The summed E-state index contributed by atoms with van der Waals surface area (Å²) in [5, 5.41) is 10.9. The summed E-state index contributed by atoms with van der Waals surface area (Å²) in [4.78, 5) is 10.9. The van der Waals surface area contributed by atoms with Crippen molar-refractivity contribution >= 4 is 18.1 Å². The second-order valence-corrected chi connectivity index (χ2v) is 3.62. The van der Waals surface area contributed by atoms with Gasteiger partial charge in [0.1, 0.15) is 0 Å². The van der Waals surface area contributed by atoms with E-state index in [-0.39, 0.29) is 5.56 Å². The molecule has 0 aromatic heterocycles. The Morgan fingerprint density at radius 2 is 1.53 bits per heavy atom. The van der Waals surface area contributed by atoms with E-state index in [9.17, 15) is 9.90 Å². The Labute approximate surface area is 99.8 Å². The molecule has 0 heterocycles. The van der Waals surface area contributed by atoms with Crippen LogP contribution in [0, 0.1) is 0 Å². The van der Waals surface area contributed by atoms with Crippen LogP contribution in [-0.2, 0) is 0 Å². The summed E-state index contributed by atoms with van der Waals surface area (Å²) < 4.78 is 0. The number of hydrogen-bond donors (Lipinski definition) is 0. The van der Waals surface area contributed by atoms with E-state index in [1.807, 2.05) is 36.4 Å². The van der Waals surface area contributed by atoms with Crippen LogP contribution >= 0.6 is 0 Å². The third-order valence-corrected chi connectivity index (χ3v) is 2.44. The Hall–Kier alpha value is -2.35. The van der Waals surface area contributed by atoms with E-state index in [1.165, 1.54) is 0 Å². The van der Waals surface area contributed by atoms with Crippen molar-refractivity contribution in [1.29, 1.82) is 0 Å². The number of carbonyl (C=O) groups excluding carboxylic acids is 1. The average Bonchev–Trinajstić information content (AvgIpc) is 2.38. The lowest BCUT2D eigenvalue weighted by molar-refractivity contribution is -0.255. The van der Waals surface area contributed by atoms with Crippen molar-refractivity contribution in [2.24, 2.45) is 0 Å². The fourth-order valence-corrected chi connectivity index (χ4v) is 1.58. The van der Waals surface area contributed by atoms with Gasteiger partial charge in [-0.25, -0.2) is 0 Å². The molecule has 2 aromatic rings. The molecule has 84 valence electrons. The predicted octanol–water partition coefficient (Wildman–Crippen LogP) is 2.22. The quantitative estimate of drug-likeness (QED) is 0.748. The van der Waals surface area contributed by atoms with Gasteiger partial charge >= 0.3 is 0 Å². The summed E-state index contributed by atoms with van der Waals surface area (Å²) in [5.41, 5.74) is 1.89. The van der Waals surface area contributed by atoms with Crippen LogP contribution in [0.5, 0.6) is 0 Å². The first kappa shape index (κ1) is 11.1. The van der Waals surface area contributed by atoms with Crippen LogP contribution in [-0.4, -0.2) is 5.97 Å². The van der Waals surface area contributed by atoms with Crippen LogP contribution in [0.15, 0.2) is 54.6 Å². The number of aromatic carboxylic acids is 1. The highest BCUT2D eigenvalue weighted by atomic mass is 16.4. The molecule has 0 N–H and O–H groups in total. The number of rotatable bonds is 3. The van der Waals surface area contributed by atoms with Gasteiger partial charge in [0, 0.05) is 5.56 Å². The van der Waals surface area contributed by atoms with Gasteiger partial charge < -0.3 is 9.90 Å². The molecule has 0 amide bonds. The molecule has 0 aliphatic rings. The molecule has 17 heavy (non-hydrogen) atoms. The Bertz CT molecular complexity index is 542. The first-order valence-electron chi connectivity index (χ1n) is 5.31. The summed E-state index contributed by atoms with van der Waals surface area (Å²) in [6, 6.07) is 16.5. The Kier molecular flexibility index (Phi) is 3.36. The van der Waals surface area contributed by atoms with Crippen LogP contribution in [0.1, 0.15) is 21.5 Å². The minimum Gasteiger partial charge on any atom is -0.545 e. The van der Waals surface area contributed by atoms with Gasteiger partial charge in [0.2, 0.25) is 0 Å². The predicted molar refractivity (Wildman–Crippen MR) is 66.1 cm³/mol. The van der Waals surface area contributed by atoms with Crippen molar-refractivity contribution in [3.05, 3.63) is 71.3 Å². The standard InChI is InChI=1S/C15H12O2/c16-15(17)14-9-5-4-8-13(14)11-10-12-6-2-1-3-7-12/h1-11H,(H,16,17)/p-1/b11-10+. The SMILES string of the molecule is O=C([O-])c1ccccc1/C=C/c1ccccc1. The zero-order chi connectivity index (χ0) is 12.1. The van der Waals surface area contributed by atoms with E-state index in [1.54, 1.807) is 30.3 Å². The van der Waals surface area contributed by atoms with Crippen molar-refractivity contribution in [3.8, 4) is 0 Å². The molecule has 2 rings (SSSR count). The molecule has 0 saturated heterocycles. The van der Waals surface area contributed by atoms with Crippen LogP contribution in [0.2, 0.25) is 0 Å². The summed E-state index contributed by atoms with van der Waals surface area (Å²) >= 11 is 0. The molecule has 2 heteroatoms. The van der Waals surface area contributed by atoms with Crippen molar-refractivity contribution in [2.45, 2.75) is 0 Å². The fourth-order valence-electron chi connectivity index (χ4n) is 1.58. The minimum absolute atomic E-state index is 0.208. The number of carboxylic acid groups (broad SMARTS) is 1. The number of carboxylic acids is 1. The largest absolute Gasteiger partial charge is 0.545 e. The molecule has 0 spiro atoms. The third kappa shape index (κ3) is 2.82. The van der Waals surface area contributed by atoms with Crippen LogP contribution in [0.4, 0.5) is 0 Å². The normalized spacial score (nSPS) is 10.6. The van der Waals surface area contributed by atoms with E-state index in [2.05, 4.69) is 0 Å². The fraction of sp³-hybridized carbons (Fsp3) is 0. The highest BCUT2D eigenvalue weighted by Crippen LogP contribution is 2.12. The second kappa shape index (κ2) is 5.12. The molecule has 0 saturated carbocycles. The molecule has 0 atom stereocenters. The molecular formula is C15H11O2-. The summed E-state index contributed by atoms with van der Waals surface area (Å²) in [6.45, 7) is 0. The summed E-state index contributed by atoms with van der Waals surface area (Å²) in [5.74, 6) is -1.15. The van der Waals surface area contributed by atoms with Gasteiger partial charge in [-0.2, -0.15) is 0 Å². The van der Waals surface area contributed by atoms with Crippen LogP contribution in [0.25, 0.3) is 12.2 Å². The molecule has 0 radical (unpaired) electrons. The molecule has 2 nitrogen and oxygen atoms in total. The third-order valence-electron chi connectivity index (χ3n) is 2.44. The molecule has 2 aromatic carbocycles. The van der Waals surface area contributed by atoms with Gasteiger partial charge in [-0.1, -0.05) is 66.7 Å². The van der Waals surface area contributed by atoms with Gasteiger partial charge in [-0.05, 0) is 11.1 Å². The van der Waals surface area contributed by atoms with E-state index < -0.39 is 5.97 Å². The van der Waals surface area contributed by atoms with E-state index in [0.717, 1.165) is 5.56 Å². The van der Waals surface area contributed by atoms with Crippen molar-refractivity contribution in [1.82, 2.24) is 0 Å². The summed E-state index contributed by atoms with van der Waals surface area (Å²) in [6.07, 6.45) is 3.66. The van der Waals surface area contributed by atoms with Gasteiger partial charge in [-0.3, -0.25) is 0 Å². The smallest absolute Gasteiger partial charge is 0.0721 e. The highest BCUT2D eigenvalue weighted by Gasteiger charge is 1.98. The second-order valence-electron chi connectivity index (χ2n) is 3.62. The lowest BCUT2D eigenvalue weighted by Crippen LogP contribution is -2.23. The maximum absolute atomic E-state index is 10.9. The topological polar surface area (TPSA) is 40.1 Å². The van der Waals surface area contributed by atoms with Gasteiger partial charge in [0.25, 0.3) is 0 Å². The van der Waals surface area contributed by atoms with Crippen LogP contribution < -0.4 is 5.11 Å². The Morgan fingerprint density at radius 3 is 2.24 bits per heavy atom. The molecule has 0 aliphatic carbocycles. The number of carbonyl (C=O) groups is 1. The van der Waals surface area contributed by atoms with E-state index in [0.29, 0.717) is 5.56 Å². The molecule has 0 unspecified atom stereocenters. The highest BCUT2D eigenvalue weighted by molar-refractivity contribution is 5.92. The molecule has 0 bridgehead atoms. The summed E-state index contributed by atoms with van der Waals surface area (Å²) in [7, 11) is 0. The molecular weight excluding hydrogens is 212 g/mol. The average molecular weight is 223 g/mol. The van der Waals surface area contributed by atoms with Gasteiger partial charge in [0.05, 0.1) is 5.97 Å². The number of benzene rings is 2. The Balaban J connectivity index is 2.30. The van der Waals surface area contributed by atoms with Crippen molar-refractivity contribution in [3.63, 3.8) is 0 Å². The first-order valence-corrected chi connectivity index (χ1v) is 5.31. The first-order chi connectivity index (χ1) is 8.27. The zero-order valence-corrected chi connectivity index (χ0v) is 9.17. The zero-order valence-electron chi connectivity index (χ0n) is 9.17. The maximum Gasteiger partial charge on any atom is 0.0721 e. The maximum atomic E-state index is 10.9.